The first kappa shape index (κ1) is 13.8. The highest BCUT2D eigenvalue weighted by molar-refractivity contribution is 5.94. The summed E-state index contributed by atoms with van der Waals surface area (Å²) in [6.45, 7) is 6.73. The van der Waals surface area contributed by atoms with Crippen molar-refractivity contribution in [2.75, 3.05) is 0 Å². The average Bonchev–Trinajstić information content (AvgIpc) is 2.79. The number of carbonyl (C=O) groups excluding carboxylic acids is 1. The van der Waals surface area contributed by atoms with Crippen molar-refractivity contribution >= 4 is 5.91 Å². The highest BCUT2D eigenvalue weighted by atomic mass is 16.1. The van der Waals surface area contributed by atoms with E-state index in [4.69, 9.17) is 0 Å². The van der Waals surface area contributed by atoms with E-state index in [1.165, 1.54) is 0 Å². The van der Waals surface area contributed by atoms with E-state index < -0.39 is 0 Å². The normalized spacial score (nSPS) is 17.4. The predicted molar refractivity (Wildman–Crippen MR) is 80.3 cm³/mol. The van der Waals surface area contributed by atoms with Gasteiger partial charge < -0.3 is 9.88 Å². The van der Waals surface area contributed by atoms with Gasteiger partial charge in [0.25, 0.3) is 5.91 Å². The van der Waals surface area contributed by atoms with Gasteiger partial charge in [0.05, 0.1) is 0 Å². The third-order valence-corrected chi connectivity index (χ3v) is 3.95. The Kier molecular flexibility index (Phi) is 3.49. The van der Waals surface area contributed by atoms with E-state index in [1.54, 1.807) is 0 Å². The number of fused-ring (bicyclic) bond motifs is 1. The lowest BCUT2D eigenvalue weighted by molar-refractivity contribution is 0.0927. The van der Waals surface area contributed by atoms with E-state index >= 15 is 0 Å². The van der Waals surface area contributed by atoms with Gasteiger partial charge in [-0.05, 0) is 39.3 Å². The minimum atomic E-state index is 0.000905. The quantitative estimate of drug-likeness (QED) is 0.917. The molecule has 0 fully saturated rings. The molecule has 1 amide bonds. The molecule has 1 aromatic carbocycles. The minimum absolute atomic E-state index is 0.000905. The zero-order valence-corrected chi connectivity index (χ0v) is 12.7. The highest BCUT2D eigenvalue weighted by Gasteiger charge is 2.23. The molecule has 0 unspecified atom stereocenters. The molecule has 2 aromatic rings. The zero-order valence-electron chi connectivity index (χ0n) is 12.7. The zero-order chi connectivity index (χ0) is 15.0. The number of carbonyl (C=O) groups is 1. The van der Waals surface area contributed by atoms with E-state index in [0.29, 0.717) is 0 Å². The van der Waals surface area contributed by atoms with Gasteiger partial charge in [0.1, 0.15) is 11.6 Å². The average molecular weight is 284 g/mol. The summed E-state index contributed by atoms with van der Waals surface area (Å²) >= 11 is 0. The third kappa shape index (κ3) is 2.82. The van der Waals surface area contributed by atoms with Gasteiger partial charge in [0.2, 0.25) is 0 Å². The lowest BCUT2D eigenvalue weighted by atomic mass is 10.0. The topological polar surface area (TPSA) is 59.8 Å². The molecule has 0 bridgehead atoms. The summed E-state index contributed by atoms with van der Waals surface area (Å²) in [5.41, 5.74) is 2.96. The fourth-order valence-corrected chi connectivity index (χ4v) is 2.95. The third-order valence-electron chi connectivity index (χ3n) is 3.95. The van der Waals surface area contributed by atoms with Crippen LogP contribution in [-0.2, 0) is 13.0 Å². The van der Waals surface area contributed by atoms with E-state index in [2.05, 4.69) is 26.1 Å². The molecule has 21 heavy (non-hydrogen) atoms. The molecule has 0 spiro atoms. The molecule has 0 saturated heterocycles. The molecule has 5 heteroatoms. The van der Waals surface area contributed by atoms with Crippen molar-refractivity contribution in [3.63, 3.8) is 0 Å². The number of rotatable bonds is 2. The maximum Gasteiger partial charge on any atom is 0.251 e. The largest absolute Gasteiger partial charge is 0.347 e. The van der Waals surface area contributed by atoms with Gasteiger partial charge in [-0.25, -0.2) is 0 Å². The minimum Gasteiger partial charge on any atom is -0.347 e. The molecule has 1 N–H and O–H groups in total. The number of benzene rings is 1. The van der Waals surface area contributed by atoms with Crippen LogP contribution >= 0.6 is 0 Å². The van der Waals surface area contributed by atoms with E-state index in [9.17, 15) is 4.79 Å². The summed E-state index contributed by atoms with van der Waals surface area (Å²) in [5.74, 6) is 1.93. The summed E-state index contributed by atoms with van der Waals surface area (Å²) in [5, 5.41) is 11.4. The SMILES string of the molecule is Cc1cc(C)cc(C(=O)N[C@@H]2CCc3nnc(C)n3C2)c1. The summed E-state index contributed by atoms with van der Waals surface area (Å²) in [7, 11) is 0. The van der Waals surface area contributed by atoms with Crippen molar-refractivity contribution in [1.29, 1.82) is 0 Å². The van der Waals surface area contributed by atoms with Crippen LogP contribution in [0.2, 0.25) is 0 Å². The Morgan fingerprint density at radius 2 is 1.90 bits per heavy atom. The van der Waals surface area contributed by atoms with E-state index in [1.807, 2.05) is 32.9 Å². The maximum absolute atomic E-state index is 12.4. The predicted octanol–water partition coefficient (Wildman–Crippen LogP) is 1.95. The number of hydrogen-bond acceptors (Lipinski definition) is 3. The summed E-state index contributed by atoms with van der Waals surface area (Å²) < 4.78 is 2.09. The Bertz CT molecular complexity index is 669. The Morgan fingerprint density at radius 1 is 1.19 bits per heavy atom. The van der Waals surface area contributed by atoms with Crippen molar-refractivity contribution in [3.8, 4) is 0 Å². The van der Waals surface area contributed by atoms with Crippen LogP contribution in [0.25, 0.3) is 0 Å². The van der Waals surface area contributed by atoms with Gasteiger partial charge in [0.15, 0.2) is 0 Å². The van der Waals surface area contributed by atoms with Gasteiger partial charge in [0, 0.05) is 24.6 Å². The van der Waals surface area contributed by atoms with E-state index in [0.717, 1.165) is 47.7 Å². The number of aryl methyl sites for hydroxylation is 4. The maximum atomic E-state index is 12.4. The fraction of sp³-hybridized carbons (Fsp3) is 0.438. The Labute approximate surface area is 124 Å². The lowest BCUT2D eigenvalue weighted by Gasteiger charge is -2.25. The second-order valence-corrected chi connectivity index (χ2v) is 5.86. The van der Waals surface area contributed by atoms with Crippen LogP contribution in [0.3, 0.4) is 0 Å². The van der Waals surface area contributed by atoms with Gasteiger partial charge in [-0.15, -0.1) is 10.2 Å². The van der Waals surface area contributed by atoms with Crippen molar-refractivity contribution in [2.45, 2.75) is 46.2 Å². The summed E-state index contributed by atoms with van der Waals surface area (Å²) in [6, 6.07) is 6.08. The molecular weight excluding hydrogens is 264 g/mol. The summed E-state index contributed by atoms with van der Waals surface area (Å²) in [4.78, 5) is 12.4. The molecule has 3 rings (SSSR count). The van der Waals surface area contributed by atoms with Gasteiger partial charge in [-0.2, -0.15) is 0 Å². The van der Waals surface area contributed by atoms with Crippen molar-refractivity contribution in [1.82, 2.24) is 20.1 Å². The second kappa shape index (κ2) is 5.31. The number of amides is 1. The second-order valence-electron chi connectivity index (χ2n) is 5.86. The molecular formula is C16H20N4O. The van der Waals surface area contributed by atoms with Crippen LogP contribution in [0.4, 0.5) is 0 Å². The molecule has 5 nitrogen and oxygen atoms in total. The Balaban J connectivity index is 1.73. The van der Waals surface area contributed by atoms with Crippen LogP contribution in [0.1, 0.15) is 39.6 Å². The first-order valence-corrected chi connectivity index (χ1v) is 7.31. The van der Waals surface area contributed by atoms with Crippen molar-refractivity contribution in [2.24, 2.45) is 0 Å². The molecule has 1 aliphatic heterocycles. The molecule has 0 saturated carbocycles. The van der Waals surface area contributed by atoms with Crippen LogP contribution in [-0.4, -0.2) is 26.7 Å². The van der Waals surface area contributed by atoms with Crippen molar-refractivity contribution < 1.29 is 4.79 Å². The van der Waals surface area contributed by atoms with Gasteiger partial charge >= 0.3 is 0 Å². The first-order chi connectivity index (χ1) is 10.0. The van der Waals surface area contributed by atoms with Crippen LogP contribution in [0, 0.1) is 20.8 Å². The number of nitrogens with zero attached hydrogens (tertiary/aromatic N) is 3. The van der Waals surface area contributed by atoms with Crippen LogP contribution in [0.15, 0.2) is 18.2 Å². The number of nitrogens with one attached hydrogen (secondary N) is 1. The monoisotopic (exact) mass is 284 g/mol. The van der Waals surface area contributed by atoms with Crippen molar-refractivity contribution in [3.05, 3.63) is 46.5 Å². The number of hydrogen-bond donors (Lipinski definition) is 1. The van der Waals surface area contributed by atoms with Crippen LogP contribution < -0.4 is 5.32 Å². The first-order valence-electron chi connectivity index (χ1n) is 7.31. The molecule has 110 valence electrons. The highest BCUT2D eigenvalue weighted by Crippen LogP contribution is 2.16. The van der Waals surface area contributed by atoms with Gasteiger partial charge in [-0.1, -0.05) is 17.2 Å². The van der Waals surface area contributed by atoms with E-state index in [-0.39, 0.29) is 11.9 Å². The molecule has 1 aromatic heterocycles. The molecule has 2 heterocycles. The standard InChI is InChI=1S/C16H20N4O/c1-10-6-11(2)8-13(7-10)16(21)17-14-4-5-15-19-18-12(3)20(15)9-14/h6-8,14H,4-5,9H2,1-3H3,(H,17,21)/t14-/m1/s1. The molecule has 0 aliphatic carbocycles. The Hall–Kier alpha value is -2.17. The van der Waals surface area contributed by atoms with Gasteiger partial charge in [-0.3, -0.25) is 4.79 Å². The molecule has 1 atom stereocenters. The molecule has 1 aliphatic rings. The smallest absolute Gasteiger partial charge is 0.251 e. The fourth-order valence-electron chi connectivity index (χ4n) is 2.95. The summed E-state index contributed by atoms with van der Waals surface area (Å²) in [6.07, 6.45) is 1.77. The molecule has 0 radical (unpaired) electrons. The Morgan fingerprint density at radius 3 is 2.62 bits per heavy atom. The lowest BCUT2D eigenvalue weighted by Crippen LogP contribution is -2.41. The van der Waals surface area contributed by atoms with Crippen LogP contribution in [0.5, 0.6) is 0 Å². The number of aromatic nitrogens is 3.